The molecular formula is C34H38N6O4. The van der Waals surface area contributed by atoms with Crippen LogP contribution in [-0.4, -0.2) is 102 Å². The second-order valence-electron chi connectivity index (χ2n) is 11.2. The molecule has 10 nitrogen and oxygen atoms in total. The number of rotatable bonds is 9. The summed E-state index contributed by atoms with van der Waals surface area (Å²) in [4.78, 5) is 33.6. The largest absolute Gasteiger partial charge is 0.481 e. The number of hydrogen-bond donors (Lipinski definition) is 0. The van der Waals surface area contributed by atoms with Crippen LogP contribution >= 0.6 is 0 Å². The minimum atomic E-state index is 0.0148. The number of aromatic nitrogens is 3. The highest BCUT2D eigenvalue weighted by Crippen LogP contribution is 2.37. The van der Waals surface area contributed by atoms with Crippen molar-refractivity contribution in [1.82, 2.24) is 29.7 Å². The Bertz CT molecular complexity index is 1480. The van der Waals surface area contributed by atoms with Gasteiger partial charge in [0.05, 0.1) is 32.5 Å². The average molecular weight is 595 g/mol. The molecule has 2 aliphatic heterocycles. The van der Waals surface area contributed by atoms with Crippen molar-refractivity contribution in [2.45, 2.75) is 24.5 Å². The van der Waals surface area contributed by atoms with E-state index in [1.54, 1.807) is 26.6 Å². The van der Waals surface area contributed by atoms with Crippen molar-refractivity contribution < 1.29 is 19.0 Å². The van der Waals surface area contributed by atoms with Crippen LogP contribution in [0.3, 0.4) is 0 Å². The quantitative estimate of drug-likeness (QED) is 0.287. The lowest BCUT2D eigenvalue weighted by atomic mass is 9.81. The second kappa shape index (κ2) is 13.4. The van der Waals surface area contributed by atoms with E-state index >= 15 is 0 Å². The van der Waals surface area contributed by atoms with E-state index in [9.17, 15) is 4.79 Å². The summed E-state index contributed by atoms with van der Waals surface area (Å²) in [5, 5.41) is 0. The molecule has 0 unspecified atom stereocenters. The number of methoxy groups -OCH3 is 3. The number of amides is 1. The van der Waals surface area contributed by atoms with Gasteiger partial charge in [-0.05, 0) is 23.3 Å². The third kappa shape index (κ3) is 6.09. The highest BCUT2D eigenvalue weighted by molar-refractivity contribution is 5.94. The molecule has 2 aromatic heterocycles. The van der Waals surface area contributed by atoms with Gasteiger partial charge < -0.3 is 19.1 Å². The lowest BCUT2D eigenvalue weighted by Gasteiger charge is -2.53. The third-order valence-corrected chi connectivity index (χ3v) is 8.63. The van der Waals surface area contributed by atoms with Crippen LogP contribution in [-0.2, 0) is 6.54 Å². The van der Waals surface area contributed by atoms with Crippen molar-refractivity contribution in [2.75, 3.05) is 54.1 Å². The molecule has 2 aliphatic rings. The van der Waals surface area contributed by atoms with Crippen molar-refractivity contribution in [3.05, 3.63) is 107 Å². The molecule has 0 radical (unpaired) electrons. The summed E-state index contributed by atoms with van der Waals surface area (Å²) < 4.78 is 16.7. The van der Waals surface area contributed by atoms with Crippen molar-refractivity contribution >= 4 is 5.91 Å². The lowest BCUT2D eigenvalue weighted by molar-refractivity contribution is -0.0292. The first-order valence-corrected chi connectivity index (χ1v) is 14.9. The lowest BCUT2D eigenvalue weighted by Crippen LogP contribution is -2.67. The van der Waals surface area contributed by atoms with E-state index in [0.717, 1.165) is 25.2 Å². The zero-order chi connectivity index (χ0) is 30.5. The Hall–Kier alpha value is -4.54. The summed E-state index contributed by atoms with van der Waals surface area (Å²) in [6, 6.07) is 25.5. The molecule has 0 aliphatic carbocycles. The molecule has 1 amide bonds. The second-order valence-corrected chi connectivity index (χ2v) is 11.2. The number of ether oxygens (including phenoxy) is 3. The number of carbonyl (C=O) groups is 1. The molecule has 2 saturated heterocycles. The van der Waals surface area contributed by atoms with Gasteiger partial charge in [0.2, 0.25) is 11.8 Å². The zero-order valence-electron chi connectivity index (χ0n) is 25.4. The molecule has 0 spiro atoms. The standard InChI is InChI=1S/C34H38N6O4/c1-42-31-28(32(43-2)37-34(36-31)44-3)22-38-20-27-21-39(33(41)26-15-10-16-35-19-26)17-18-40(27)29(23-38)30(24-11-6-4-7-12-24)25-13-8-5-9-14-25/h4-16,19,27,29-30H,17-18,20-23H2,1-3H3/t27-,29+/m1/s1. The first-order chi connectivity index (χ1) is 21.6. The van der Waals surface area contributed by atoms with Crippen molar-refractivity contribution in [3.8, 4) is 17.8 Å². The Labute approximate surface area is 258 Å². The summed E-state index contributed by atoms with van der Waals surface area (Å²) in [5.74, 6) is 0.986. The number of benzene rings is 2. The van der Waals surface area contributed by atoms with E-state index in [2.05, 4.69) is 85.4 Å². The molecule has 10 heteroatoms. The van der Waals surface area contributed by atoms with E-state index in [1.807, 2.05) is 17.0 Å². The van der Waals surface area contributed by atoms with Crippen LogP contribution < -0.4 is 14.2 Å². The van der Waals surface area contributed by atoms with E-state index in [1.165, 1.54) is 18.2 Å². The molecule has 2 aromatic carbocycles. The minimum absolute atomic E-state index is 0.0148. The van der Waals surface area contributed by atoms with Crippen LogP contribution in [0.15, 0.2) is 85.2 Å². The van der Waals surface area contributed by atoms with Crippen LogP contribution in [0.1, 0.15) is 33.0 Å². The van der Waals surface area contributed by atoms with Crippen LogP contribution in [0.4, 0.5) is 0 Å². The van der Waals surface area contributed by atoms with Gasteiger partial charge in [0.25, 0.3) is 5.91 Å². The number of pyridine rings is 1. The Balaban J connectivity index is 1.37. The van der Waals surface area contributed by atoms with Gasteiger partial charge in [0.1, 0.15) is 0 Å². The van der Waals surface area contributed by atoms with Crippen LogP contribution in [0.2, 0.25) is 0 Å². The molecule has 2 atom stereocenters. The van der Waals surface area contributed by atoms with Gasteiger partial charge in [-0.3, -0.25) is 19.6 Å². The van der Waals surface area contributed by atoms with Gasteiger partial charge in [-0.1, -0.05) is 60.7 Å². The number of fused-ring (bicyclic) bond motifs is 1. The van der Waals surface area contributed by atoms with Gasteiger partial charge in [-0.25, -0.2) is 0 Å². The molecule has 6 rings (SSSR count). The fourth-order valence-corrected chi connectivity index (χ4v) is 6.66. The highest BCUT2D eigenvalue weighted by Gasteiger charge is 2.43. The van der Waals surface area contributed by atoms with Gasteiger partial charge in [0, 0.05) is 69.7 Å². The van der Waals surface area contributed by atoms with Crippen molar-refractivity contribution in [3.63, 3.8) is 0 Å². The monoisotopic (exact) mass is 594 g/mol. The maximum absolute atomic E-state index is 13.5. The molecule has 4 heterocycles. The minimum Gasteiger partial charge on any atom is -0.481 e. The van der Waals surface area contributed by atoms with Gasteiger partial charge in [0.15, 0.2) is 0 Å². The molecule has 0 bridgehead atoms. The first kappa shape index (κ1) is 29.5. The van der Waals surface area contributed by atoms with E-state index < -0.39 is 0 Å². The molecule has 228 valence electrons. The van der Waals surface area contributed by atoms with Crippen molar-refractivity contribution in [1.29, 1.82) is 0 Å². The number of nitrogens with zero attached hydrogens (tertiary/aromatic N) is 6. The normalized spacial score (nSPS) is 19.0. The van der Waals surface area contributed by atoms with Gasteiger partial charge >= 0.3 is 6.01 Å². The smallest absolute Gasteiger partial charge is 0.322 e. The average Bonchev–Trinajstić information content (AvgIpc) is 3.09. The van der Waals surface area contributed by atoms with E-state index in [-0.39, 0.29) is 29.9 Å². The molecule has 2 fully saturated rings. The van der Waals surface area contributed by atoms with Crippen LogP contribution in [0.25, 0.3) is 0 Å². The van der Waals surface area contributed by atoms with Crippen LogP contribution in [0, 0.1) is 0 Å². The Morgan fingerprint density at radius 2 is 1.48 bits per heavy atom. The molecule has 0 N–H and O–H groups in total. The summed E-state index contributed by atoms with van der Waals surface area (Å²) in [5.41, 5.74) is 3.90. The number of hydrogen-bond acceptors (Lipinski definition) is 9. The maximum atomic E-state index is 13.5. The predicted octanol–water partition coefficient (Wildman–Crippen LogP) is 3.74. The fraction of sp³-hybridized carbons (Fsp3) is 0.353. The Morgan fingerprint density at radius 1 is 0.818 bits per heavy atom. The summed E-state index contributed by atoms with van der Waals surface area (Å²) >= 11 is 0. The molecule has 44 heavy (non-hydrogen) atoms. The molecule has 0 saturated carbocycles. The van der Waals surface area contributed by atoms with E-state index in [0.29, 0.717) is 37.0 Å². The third-order valence-electron chi connectivity index (χ3n) is 8.63. The number of carbonyl (C=O) groups excluding carboxylic acids is 1. The SMILES string of the molecule is COc1nc(OC)c(CN2C[C@@H]3CN(C(=O)c4cccnc4)CCN3[C@H](C(c3ccccc3)c3ccccc3)C2)c(OC)n1. The zero-order valence-corrected chi connectivity index (χ0v) is 25.4. The number of piperazine rings is 2. The summed E-state index contributed by atoms with van der Waals surface area (Å²) in [6.07, 6.45) is 3.34. The molecular weight excluding hydrogens is 556 g/mol. The Morgan fingerprint density at radius 3 is 2.05 bits per heavy atom. The first-order valence-electron chi connectivity index (χ1n) is 14.9. The van der Waals surface area contributed by atoms with Gasteiger partial charge in [-0.2, -0.15) is 9.97 Å². The topological polar surface area (TPSA) is 93.2 Å². The summed E-state index contributed by atoms with van der Waals surface area (Å²) in [7, 11) is 4.71. The maximum Gasteiger partial charge on any atom is 0.322 e. The predicted molar refractivity (Wildman–Crippen MR) is 166 cm³/mol. The highest BCUT2D eigenvalue weighted by atomic mass is 16.5. The Kier molecular flexibility index (Phi) is 8.99. The fourth-order valence-electron chi connectivity index (χ4n) is 6.66. The van der Waals surface area contributed by atoms with Crippen molar-refractivity contribution in [2.24, 2.45) is 0 Å². The summed E-state index contributed by atoms with van der Waals surface area (Å²) in [6.45, 7) is 4.12. The van der Waals surface area contributed by atoms with Gasteiger partial charge in [-0.15, -0.1) is 0 Å². The van der Waals surface area contributed by atoms with Crippen LogP contribution in [0.5, 0.6) is 17.8 Å². The van der Waals surface area contributed by atoms with E-state index in [4.69, 9.17) is 14.2 Å². The molecule has 4 aromatic rings.